The van der Waals surface area contributed by atoms with Crippen LogP contribution in [0, 0.1) is 15.9 Å². The summed E-state index contributed by atoms with van der Waals surface area (Å²) in [5, 5.41) is 24.8. The molecule has 1 fully saturated rings. The number of nitro benzene ring substituents is 1. The van der Waals surface area contributed by atoms with Crippen LogP contribution in [0.1, 0.15) is 34.9 Å². The van der Waals surface area contributed by atoms with Crippen LogP contribution >= 0.6 is 0 Å². The number of tetrazole rings is 1. The number of nitro groups is 1. The number of rotatable bonds is 3. The van der Waals surface area contributed by atoms with Crippen LogP contribution in [-0.4, -0.2) is 49.4 Å². The number of hydrogen-bond donors (Lipinski definition) is 1. The Bertz CT molecular complexity index is 735. The first-order valence-corrected chi connectivity index (χ1v) is 7.03. The molecule has 0 spiro atoms. The van der Waals surface area contributed by atoms with Gasteiger partial charge in [0.2, 0.25) is 0 Å². The second kappa shape index (κ2) is 6.07. The Morgan fingerprint density at radius 3 is 3.00 bits per heavy atom. The van der Waals surface area contributed by atoms with Crippen molar-refractivity contribution in [3.63, 3.8) is 0 Å². The van der Waals surface area contributed by atoms with Gasteiger partial charge in [-0.2, -0.15) is 5.21 Å². The third-order valence-corrected chi connectivity index (χ3v) is 3.82. The topological polar surface area (TPSA) is 118 Å². The maximum absolute atomic E-state index is 13.2. The van der Waals surface area contributed by atoms with Crippen molar-refractivity contribution < 1.29 is 14.1 Å². The summed E-state index contributed by atoms with van der Waals surface area (Å²) in [5.74, 6) is -0.816. The molecule has 0 unspecified atom stereocenters. The lowest BCUT2D eigenvalue weighted by Gasteiger charge is -2.31. The van der Waals surface area contributed by atoms with Crippen molar-refractivity contribution >= 4 is 11.6 Å². The highest BCUT2D eigenvalue weighted by Crippen LogP contribution is 2.27. The Kier molecular flexibility index (Phi) is 3.96. The zero-order valence-electron chi connectivity index (χ0n) is 12.0. The Morgan fingerprint density at radius 2 is 2.30 bits per heavy atom. The van der Waals surface area contributed by atoms with Crippen molar-refractivity contribution in [3.05, 3.63) is 45.5 Å². The third-order valence-electron chi connectivity index (χ3n) is 3.82. The first-order chi connectivity index (χ1) is 11.1. The van der Waals surface area contributed by atoms with Crippen LogP contribution in [0.3, 0.4) is 0 Å². The molecule has 1 aliphatic rings. The Morgan fingerprint density at radius 1 is 1.48 bits per heavy atom. The number of carbonyl (C=O) groups excluding carboxylic acids is 1. The molecule has 0 aliphatic carbocycles. The molecule has 2 aromatic rings. The van der Waals surface area contributed by atoms with E-state index in [2.05, 4.69) is 20.6 Å². The highest BCUT2D eigenvalue weighted by atomic mass is 19.1. The smallest absolute Gasteiger partial charge is 0.285 e. The van der Waals surface area contributed by atoms with Crippen molar-refractivity contribution in [2.75, 3.05) is 13.1 Å². The minimum atomic E-state index is -0.753. The average Bonchev–Trinajstić information content (AvgIpc) is 3.09. The first kappa shape index (κ1) is 15.0. The Hall–Kier alpha value is -2.91. The number of carbonyl (C=O) groups is 1. The fourth-order valence-electron chi connectivity index (χ4n) is 2.72. The number of piperidine rings is 1. The van der Waals surface area contributed by atoms with E-state index in [1.54, 1.807) is 0 Å². The summed E-state index contributed by atoms with van der Waals surface area (Å²) in [5.41, 5.74) is -0.651. The van der Waals surface area contributed by atoms with E-state index in [1.165, 1.54) is 4.90 Å². The number of H-pyrrole nitrogens is 1. The highest BCUT2D eigenvalue weighted by molar-refractivity contribution is 5.98. The van der Waals surface area contributed by atoms with Crippen molar-refractivity contribution in [1.29, 1.82) is 0 Å². The fraction of sp³-hybridized carbons (Fsp3) is 0.385. The molecular formula is C13H13FN6O3. The van der Waals surface area contributed by atoms with Crippen LogP contribution < -0.4 is 0 Å². The van der Waals surface area contributed by atoms with Gasteiger partial charge in [0.25, 0.3) is 11.6 Å². The second-order valence-electron chi connectivity index (χ2n) is 5.28. The van der Waals surface area contributed by atoms with Crippen LogP contribution in [0.15, 0.2) is 18.2 Å². The predicted molar refractivity (Wildman–Crippen MR) is 75.1 cm³/mol. The van der Waals surface area contributed by atoms with Gasteiger partial charge >= 0.3 is 0 Å². The summed E-state index contributed by atoms with van der Waals surface area (Å²) in [6.45, 7) is 0.814. The van der Waals surface area contributed by atoms with E-state index >= 15 is 0 Å². The molecule has 10 heteroatoms. The van der Waals surface area contributed by atoms with Gasteiger partial charge in [0.1, 0.15) is 11.4 Å². The van der Waals surface area contributed by atoms with Gasteiger partial charge in [-0.15, -0.1) is 10.2 Å². The van der Waals surface area contributed by atoms with Gasteiger partial charge < -0.3 is 4.90 Å². The maximum atomic E-state index is 13.2. The molecule has 2 heterocycles. The lowest BCUT2D eigenvalue weighted by atomic mass is 9.96. The summed E-state index contributed by atoms with van der Waals surface area (Å²) in [6.07, 6.45) is 1.52. The molecule has 0 saturated carbocycles. The van der Waals surface area contributed by atoms with Gasteiger partial charge in [0.05, 0.1) is 11.0 Å². The van der Waals surface area contributed by atoms with Crippen molar-refractivity contribution in [1.82, 2.24) is 25.5 Å². The quantitative estimate of drug-likeness (QED) is 0.672. The van der Waals surface area contributed by atoms with Gasteiger partial charge in [-0.1, -0.05) is 5.21 Å². The zero-order valence-corrected chi connectivity index (χ0v) is 12.0. The zero-order chi connectivity index (χ0) is 16.4. The molecule has 120 valence electrons. The number of hydrogen-bond acceptors (Lipinski definition) is 6. The van der Waals surface area contributed by atoms with Gasteiger partial charge in [0.15, 0.2) is 5.82 Å². The molecule has 0 bridgehead atoms. The van der Waals surface area contributed by atoms with E-state index in [1.807, 2.05) is 0 Å². The molecule has 3 rings (SSSR count). The Labute approximate surface area is 129 Å². The van der Waals surface area contributed by atoms with Crippen LogP contribution in [-0.2, 0) is 0 Å². The molecule has 1 atom stereocenters. The van der Waals surface area contributed by atoms with Gasteiger partial charge in [-0.05, 0) is 25.0 Å². The normalized spacial score (nSPS) is 18.0. The average molecular weight is 320 g/mol. The number of likely N-dealkylation sites (tertiary alicyclic amines) is 1. The molecule has 1 amide bonds. The molecule has 1 aromatic heterocycles. The SMILES string of the molecule is O=C(c1ccc(F)cc1[N+](=O)[O-])N1CCC[C@H](c2nn[nH]n2)C1. The molecule has 9 nitrogen and oxygen atoms in total. The number of benzene rings is 1. The number of amides is 1. The minimum Gasteiger partial charge on any atom is -0.338 e. The Balaban J connectivity index is 1.84. The summed E-state index contributed by atoms with van der Waals surface area (Å²) >= 11 is 0. The molecular weight excluding hydrogens is 307 g/mol. The van der Waals surface area contributed by atoms with E-state index in [4.69, 9.17) is 0 Å². The number of aromatic amines is 1. The first-order valence-electron chi connectivity index (χ1n) is 7.03. The molecule has 1 N–H and O–H groups in total. The van der Waals surface area contributed by atoms with Crippen LogP contribution in [0.25, 0.3) is 0 Å². The minimum absolute atomic E-state index is 0.0778. The standard InChI is InChI=1S/C13H13FN6O3/c14-9-3-4-10(11(6-9)20(22)23)13(21)19-5-1-2-8(7-19)12-15-17-18-16-12/h3-4,6,8H,1-2,5,7H2,(H,15,16,17,18)/t8-/m0/s1. The monoisotopic (exact) mass is 320 g/mol. The number of nitrogens with one attached hydrogen (secondary N) is 1. The van der Waals surface area contributed by atoms with E-state index < -0.39 is 22.3 Å². The maximum Gasteiger partial charge on any atom is 0.285 e. The fourth-order valence-corrected chi connectivity index (χ4v) is 2.72. The number of aromatic nitrogens is 4. The largest absolute Gasteiger partial charge is 0.338 e. The third kappa shape index (κ3) is 3.00. The van der Waals surface area contributed by atoms with Crippen molar-refractivity contribution in [2.24, 2.45) is 0 Å². The summed E-state index contributed by atoms with van der Waals surface area (Å²) < 4.78 is 13.2. The van der Waals surface area contributed by atoms with E-state index in [0.29, 0.717) is 18.9 Å². The summed E-state index contributed by atoms with van der Waals surface area (Å²) in [4.78, 5) is 24.4. The van der Waals surface area contributed by atoms with Gasteiger partial charge in [0, 0.05) is 19.0 Å². The molecule has 23 heavy (non-hydrogen) atoms. The lowest BCUT2D eigenvalue weighted by Crippen LogP contribution is -2.39. The summed E-state index contributed by atoms with van der Waals surface area (Å²) in [7, 11) is 0. The van der Waals surface area contributed by atoms with E-state index in [9.17, 15) is 19.3 Å². The van der Waals surface area contributed by atoms with Crippen molar-refractivity contribution in [3.8, 4) is 0 Å². The van der Waals surface area contributed by atoms with Crippen LogP contribution in [0.2, 0.25) is 0 Å². The molecule has 1 saturated heterocycles. The second-order valence-corrected chi connectivity index (χ2v) is 5.28. The van der Waals surface area contributed by atoms with Crippen LogP contribution in [0.5, 0.6) is 0 Å². The van der Waals surface area contributed by atoms with Gasteiger partial charge in [-0.25, -0.2) is 4.39 Å². The summed E-state index contributed by atoms with van der Waals surface area (Å²) in [6, 6.07) is 2.95. The molecule has 0 radical (unpaired) electrons. The van der Waals surface area contributed by atoms with Gasteiger partial charge in [-0.3, -0.25) is 14.9 Å². The number of nitrogens with zero attached hydrogens (tertiary/aromatic N) is 5. The predicted octanol–water partition coefficient (Wildman–Crippen LogP) is 1.27. The van der Waals surface area contributed by atoms with E-state index in [0.717, 1.165) is 31.0 Å². The highest BCUT2D eigenvalue weighted by Gasteiger charge is 2.31. The molecule has 1 aliphatic heterocycles. The van der Waals surface area contributed by atoms with E-state index in [-0.39, 0.29) is 11.5 Å². The number of halogens is 1. The molecule has 1 aromatic carbocycles. The van der Waals surface area contributed by atoms with Crippen molar-refractivity contribution in [2.45, 2.75) is 18.8 Å². The van der Waals surface area contributed by atoms with Crippen LogP contribution in [0.4, 0.5) is 10.1 Å². The lowest BCUT2D eigenvalue weighted by molar-refractivity contribution is -0.385.